The van der Waals surface area contributed by atoms with E-state index in [4.69, 9.17) is 4.74 Å². The number of pyridine rings is 1. The molecule has 38 heavy (non-hydrogen) atoms. The summed E-state index contributed by atoms with van der Waals surface area (Å²) in [5, 5.41) is 13.1. The normalized spacial score (nSPS) is 15.8. The Bertz CT molecular complexity index is 1480. The van der Waals surface area contributed by atoms with Crippen molar-refractivity contribution in [2.45, 2.75) is 25.7 Å². The van der Waals surface area contributed by atoms with Crippen molar-refractivity contribution < 1.29 is 17.9 Å². The molecule has 0 amide bonds. The SMILES string of the molecule is COCCn1nnnc1[C@H](c1cc2ccc(C)cc2[nH]c1=O)N1CCN(c2cccc(C(F)(F)F)c2)CC1. The standard InChI is InChI=1S/C26H28F3N7O2/c1-17-6-7-18-15-21(25(37)30-22(18)14-17)23(24-31-32-33-36(24)12-13-38-2)35-10-8-34(9-11-35)20-5-3-4-19(16-20)26(27,28)29/h3-7,14-16,23H,8-13H2,1-2H3,(H,30,37)/t23-/m0/s1. The summed E-state index contributed by atoms with van der Waals surface area (Å²) in [5.74, 6) is 0.506. The fourth-order valence-electron chi connectivity index (χ4n) is 4.90. The zero-order chi connectivity index (χ0) is 26.9. The maximum absolute atomic E-state index is 13.4. The molecule has 1 atom stereocenters. The number of piperazine rings is 1. The van der Waals surface area contributed by atoms with E-state index in [0.29, 0.717) is 56.4 Å². The minimum atomic E-state index is -4.40. The third-order valence-electron chi connectivity index (χ3n) is 6.85. The molecule has 5 rings (SSSR count). The van der Waals surface area contributed by atoms with Crippen molar-refractivity contribution in [3.8, 4) is 0 Å². The van der Waals surface area contributed by atoms with Gasteiger partial charge >= 0.3 is 6.18 Å². The van der Waals surface area contributed by atoms with Crippen molar-refractivity contribution in [3.05, 3.63) is 81.4 Å². The van der Waals surface area contributed by atoms with Gasteiger partial charge in [-0.3, -0.25) is 9.69 Å². The summed E-state index contributed by atoms with van der Waals surface area (Å²) in [6, 6.07) is 12.5. The number of aromatic nitrogens is 5. The molecule has 1 aliphatic rings. The quantitative estimate of drug-likeness (QED) is 0.394. The molecule has 0 bridgehead atoms. The van der Waals surface area contributed by atoms with Crippen molar-refractivity contribution in [2.75, 3.05) is 44.8 Å². The number of nitrogens with zero attached hydrogens (tertiary/aromatic N) is 6. The van der Waals surface area contributed by atoms with Gasteiger partial charge in [0.25, 0.3) is 5.56 Å². The fourth-order valence-corrected chi connectivity index (χ4v) is 4.90. The second-order valence-corrected chi connectivity index (χ2v) is 9.37. The van der Waals surface area contributed by atoms with Crippen LogP contribution in [-0.4, -0.2) is 70.0 Å². The Morgan fingerprint density at radius 2 is 1.87 bits per heavy atom. The van der Waals surface area contributed by atoms with E-state index in [1.54, 1.807) is 17.9 Å². The summed E-state index contributed by atoms with van der Waals surface area (Å²) in [5.41, 5.74) is 1.87. The van der Waals surface area contributed by atoms with Gasteiger partial charge in [0.2, 0.25) is 0 Å². The smallest absolute Gasteiger partial charge is 0.383 e. The Morgan fingerprint density at radius 1 is 1.08 bits per heavy atom. The van der Waals surface area contributed by atoms with E-state index in [2.05, 4.69) is 25.4 Å². The Balaban J connectivity index is 1.48. The maximum Gasteiger partial charge on any atom is 0.416 e. The van der Waals surface area contributed by atoms with Crippen LogP contribution >= 0.6 is 0 Å². The number of aryl methyl sites for hydroxylation is 1. The first kappa shape index (κ1) is 25.9. The number of H-pyrrole nitrogens is 1. The van der Waals surface area contributed by atoms with Crippen molar-refractivity contribution >= 4 is 16.6 Å². The van der Waals surface area contributed by atoms with Crippen LogP contribution in [0.2, 0.25) is 0 Å². The first-order valence-corrected chi connectivity index (χ1v) is 12.3. The number of nitrogens with one attached hydrogen (secondary N) is 1. The highest BCUT2D eigenvalue weighted by Crippen LogP contribution is 2.33. The number of tetrazole rings is 1. The van der Waals surface area contributed by atoms with Crippen LogP contribution in [0, 0.1) is 6.92 Å². The van der Waals surface area contributed by atoms with Crippen LogP contribution in [0.15, 0.2) is 53.3 Å². The Hall–Kier alpha value is -3.77. The summed E-state index contributed by atoms with van der Waals surface area (Å²) >= 11 is 0. The van der Waals surface area contributed by atoms with Gasteiger partial charge in [0.15, 0.2) is 5.82 Å². The number of aromatic amines is 1. The van der Waals surface area contributed by atoms with E-state index in [1.165, 1.54) is 12.1 Å². The number of hydrogen-bond acceptors (Lipinski definition) is 7. The Kier molecular flexibility index (Phi) is 7.17. The van der Waals surface area contributed by atoms with Crippen LogP contribution in [0.1, 0.15) is 28.6 Å². The predicted molar refractivity (Wildman–Crippen MR) is 136 cm³/mol. The van der Waals surface area contributed by atoms with Crippen molar-refractivity contribution in [2.24, 2.45) is 0 Å². The summed E-state index contributed by atoms with van der Waals surface area (Å²) in [6.07, 6.45) is -4.40. The van der Waals surface area contributed by atoms with Gasteiger partial charge in [-0.1, -0.05) is 18.2 Å². The fraction of sp³-hybridized carbons (Fsp3) is 0.385. The molecule has 1 fully saturated rings. The Labute approximate surface area is 216 Å². The number of halogens is 3. The highest BCUT2D eigenvalue weighted by atomic mass is 19.4. The minimum absolute atomic E-state index is 0.241. The molecule has 1 aliphatic heterocycles. The lowest BCUT2D eigenvalue weighted by Crippen LogP contribution is -2.49. The number of hydrogen-bond donors (Lipinski definition) is 1. The highest BCUT2D eigenvalue weighted by molar-refractivity contribution is 5.79. The molecule has 2 aromatic heterocycles. The van der Waals surface area contributed by atoms with Gasteiger partial charge < -0.3 is 14.6 Å². The number of rotatable bonds is 7. The van der Waals surface area contributed by atoms with Gasteiger partial charge in [-0.05, 0) is 58.6 Å². The molecular weight excluding hydrogens is 499 g/mol. The average molecular weight is 528 g/mol. The Morgan fingerprint density at radius 3 is 2.61 bits per heavy atom. The van der Waals surface area contributed by atoms with Gasteiger partial charge in [0.1, 0.15) is 6.04 Å². The second kappa shape index (κ2) is 10.5. The van der Waals surface area contributed by atoms with Crippen LogP contribution in [-0.2, 0) is 17.5 Å². The van der Waals surface area contributed by atoms with E-state index in [1.807, 2.05) is 36.1 Å². The van der Waals surface area contributed by atoms with Gasteiger partial charge in [-0.15, -0.1) is 5.10 Å². The largest absolute Gasteiger partial charge is 0.416 e. The third-order valence-corrected chi connectivity index (χ3v) is 6.85. The van der Waals surface area contributed by atoms with Crippen molar-refractivity contribution in [1.82, 2.24) is 30.1 Å². The summed E-state index contributed by atoms with van der Waals surface area (Å²) in [7, 11) is 1.59. The van der Waals surface area contributed by atoms with E-state index in [0.717, 1.165) is 22.5 Å². The second-order valence-electron chi connectivity index (χ2n) is 9.37. The number of benzene rings is 2. The predicted octanol–water partition coefficient (Wildman–Crippen LogP) is 3.40. The van der Waals surface area contributed by atoms with Crippen LogP contribution in [0.4, 0.5) is 18.9 Å². The topological polar surface area (TPSA) is 92.2 Å². The third kappa shape index (κ3) is 5.27. The van der Waals surface area contributed by atoms with E-state index in [9.17, 15) is 18.0 Å². The van der Waals surface area contributed by atoms with Crippen molar-refractivity contribution in [1.29, 1.82) is 0 Å². The van der Waals surface area contributed by atoms with Crippen LogP contribution in [0.5, 0.6) is 0 Å². The van der Waals surface area contributed by atoms with E-state index < -0.39 is 17.8 Å². The lowest BCUT2D eigenvalue weighted by atomic mass is 10.0. The molecule has 9 nitrogen and oxygen atoms in total. The molecule has 1 saturated heterocycles. The molecule has 4 aromatic rings. The first-order chi connectivity index (χ1) is 18.2. The zero-order valence-corrected chi connectivity index (χ0v) is 21.1. The maximum atomic E-state index is 13.4. The van der Waals surface area contributed by atoms with Crippen molar-refractivity contribution in [3.63, 3.8) is 0 Å². The summed E-state index contributed by atoms with van der Waals surface area (Å²) in [6.45, 7) is 4.69. The molecule has 2 aromatic carbocycles. The zero-order valence-electron chi connectivity index (χ0n) is 21.1. The molecule has 0 unspecified atom stereocenters. The van der Waals surface area contributed by atoms with Gasteiger partial charge in [0, 0.05) is 50.1 Å². The van der Waals surface area contributed by atoms with Crippen LogP contribution in [0.25, 0.3) is 10.9 Å². The molecular formula is C26H28F3N7O2. The van der Waals surface area contributed by atoms with E-state index >= 15 is 0 Å². The number of fused-ring (bicyclic) bond motifs is 1. The molecule has 0 aliphatic carbocycles. The number of ether oxygens (including phenoxy) is 1. The molecule has 0 radical (unpaired) electrons. The minimum Gasteiger partial charge on any atom is -0.383 e. The number of methoxy groups -OCH3 is 1. The van der Waals surface area contributed by atoms with Crippen LogP contribution in [0.3, 0.4) is 0 Å². The van der Waals surface area contributed by atoms with Gasteiger partial charge in [-0.25, -0.2) is 4.68 Å². The molecule has 1 N–H and O–H groups in total. The molecule has 0 spiro atoms. The summed E-state index contributed by atoms with van der Waals surface area (Å²) in [4.78, 5) is 20.4. The first-order valence-electron chi connectivity index (χ1n) is 12.3. The lowest BCUT2D eigenvalue weighted by Gasteiger charge is -2.39. The molecule has 3 heterocycles. The monoisotopic (exact) mass is 527 g/mol. The summed E-state index contributed by atoms with van der Waals surface area (Å²) < 4.78 is 46.6. The molecule has 12 heteroatoms. The lowest BCUT2D eigenvalue weighted by molar-refractivity contribution is -0.137. The molecule has 200 valence electrons. The average Bonchev–Trinajstić information content (AvgIpc) is 3.36. The van der Waals surface area contributed by atoms with Crippen LogP contribution < -0.4 is 10.5 Å². The molecule has 0 saturated carbocycles. The van der Waals surface area contributed by atoms with Gasteiger partial charge in [-0.2, -0.15) is 13.2 Å². The van der Waals surface area contributed by atoms with Gasteiger partial charge in [0.05, 0.1) is 18.7 Å². The van der Waals surface area contributed by atoms with E-state index in [-0.39, 0.29) is 5.56 Å². The highest BCUT2D eigenvalue weighted by Gasteiger charge is 2.34. The number of anilines is 1. The number of alkyl halides is 3.